The van der Waals surface area contributed by atoms with Crippen LogP contribution < -0.4 is 0 Å². The molecule has 2 rings (SSSR count). The van der Waals surface area contributed by atoms with Crippen LogP contribution in [0.5, 0.6) is 0 Å². The van der Waals surface area contributed by atoms with E-state index in [9.17, 15) is 9.18 Å². The molecule has 0 saturated carbocycles. The number of hydrogen-bond acceptors (Lipinski definition) is 3. The number of likely N-dealkylation sites (tertiary alicyclic amines) is 1. The normalized spacial score (nSPS) is 20.6. The van der Waals surface area contributed by atoms with Crippen LogP contribution in [0.15, 0.2) is 18.3 Å². The first-order chi connectivity index (χ1) is 9.37. The van der Waals surface area contributed by atoms with E-state index in [1.54, 1.807) is 0 Å². The van der Waals surface area contributed by atoms with Crippen LogP contribution in [0.4, 0.5) is 4.39 Å². The minimum absolute atomic E-state index is 0.00478. The number of carbonyl (C=O) groups is 1. The summed E-state index contributed by atoms with van der Waals surface area (Å²) in [5, 5.41) is 0. The Kier molecular flexibility index (Phi) is 4.53. The molecule has 1 aliphatic heterocycles. The van der Waals surface area contributed by atoms with Crippen LogP contribution in [-0.2, 0) is 0 Å². The van der Waals surface area contributed by atoms with Gasteiger partial charge in [-0.05, 0) is 43.5 Å². The van der Waals surface area contributed by atoms with E-state index in [0.717, 1.165) is 25.8 Å². The Balaban J connectivity index is 1.90. The highest BCUT2D eigenvalue weighted by Gasteiger charge is 2.27. The number of rotatable bonds is 4. The second kappa shape index (κ2) is 6.00. The Bertz CT molecular complexity index is 460. The number of Topliss-reactive ketones (excluding diaryl/α,β-unsaturated/α-hetero) is 1. The SMILES string of the molecule is CC(CN1CCC(C)(C)CC1)C(=O)c1ccc(F)cn1. The van der Waals surface area contributed by atoms with Gasteiger partial charge in [-0.15, -0.1) is 0 Å². The molecule has 0 bridgehead atoms. The summed E-state index contributed by atoms with van der Waals surface area (Å²) in [4.78, 5) is 18.5. The van der Waals surface area contributed by atoms with E-state index < -0.39 is 5.82 Å². The number of hydrogen-bond donors (Lipinski definition) is 0. The molecule has 1 saturated heterocycles. The molecule has 3 nitrogen and oxygen atoms in total. The van der Waals surface area contributed by atoms with Gasteiger partial charge in [0.2, 0.25) is 0 Å². The molecule has 0 spiro atoms. The average molecular weight is 278 g/mol. The largest absolute Gasteiger partial charge is 0.303 e. The van der Waals surface area contributed by atoms with Gasteiger partial charge in [0.25, 0.3) is 0 Å². The van der Waals surface area contributed by atoms with Crippen molar-refractivity contribution in [2.45, 2.75) is 33.6 Å². The van der Waals surface area contributed by atoms with Crippen molar-refractivity contribution in [3.63, 3.8) is 0 Å². The molecule has 1 fully saturated rings. The first-order valence-corrected chi connectivity index (χ1v) is 7.25. The third kappa shape index (κ3) is 3.85. The van der Waals surface area contributed by atoms with E-state index in [1.807, 2.05) is 6.92 Å². The summed E-state index contributed by atoms with van der Waals surface area (Å²) in [5.41, 5.74) is 0.777. The van der Waals surface area contributed by atoms with Crippen LogP contribution in [0.25, 0.3) is 0 Å². The highest BCUT2D eigenvalue weighted by molar-refractivity contribution is 5.95. The maximum Gasteiger partial charge on any atom is 0.185 e. The lowest BCUT2D eigenvalue weighted by Crippen LogP contribution is -2.40. The van der Waals surface area contributed by atoms with E-state index in [4.69, 9.17) is 0 Å². The minimum Gasteiger partial charge on any atom is -0.303 e. The average Bonchev–Trinajstić information content (AvgIpc) is 2.41. The fourth-order valence-electron chi connectivity index (χ4n) is 2.59. The van der Waals surface area contributed by atoms with Gasteiger partial charge in [0.1, 0.15) is 11.5 Å². The molecular weight excluding hydrogens is 255 g/mol. The van der Waals surface area contributed by atoms with Crippen molar-refractivity contribution >= 4 is 5.78 Å². The summed E-state index contributed by atoms with van der Waals surface area (Å²) in [6, 6.07) is 2.75. The summed E-state index contributed by atoms with van der Waals surface area (Å²) in [5.74, 6) is -0.517. The molecule has 110 valence electrons. The number of piperidine rings is 1. The minimum atomic E-state index is -0.410. The first-order valence-electron chi connectivity index (χ1n) is 7.25. The maximum absolute atomic E-state index is 12.8. The topological polar surface area (TPSA) is 33.2 Å². The standard InChI is InChI=1S/C16H23FN2O/c1-12(11-19-8-6-16(2,3)7-9-19)15(20)14-5-4-13(17)10-18-14/h4-5,10,12H,6-9,11H2,1-3H3. The number of halogens is 1. The highest BCUT2D eigenvalue weighted by atomic mass is 19.1. The number of carbonyl (C=O) groups excluding carboxylic acids is 1. The molecule has 0 aliphatic carbocycles. The van der Waals surface area contributed by atoms with E-state index >= 15 is 0 Å². The number of nitrogens with zero attached hydrogens (tertiary/aromatic N) is 2. The fourth-order valence-corrected chi connectivity index (χ4v) is 2.59. The molecule has 1 atom stereocenters. The molecule has 0 amide bonds. The van der Waals surface area contributed by atoms with E-state index in [-0.39, 0.29) is 11.7 Å². The lowest BCUT2D eigenvalue weighted by Gasteiger charge is -2.37. The lowest BCUT2D eigenvalue weighted by molar-refractivity contribution is 0.0825. The van der Waals surface area contributed by atoms with Crippen molar-refractivity contribution in [2.24, 2.45) is 11.3 Å². The Morgan fingerprint density at radius 3 is 2.60 bits per heavy atom. The maximum atomic E-state index is 12.8. The van der Waals surface area contributed by atoms with Gasteiger partial charge >= 0.3 is 0 Å². The van der Waals surface area contributed by atoms with Gasteiger partial charge < -0.3 is 4.90 Å². The van der Waals surface area contributed by atoms with E-state index in [1.165, 1.54) is 25.0 Å². The van der Waals surface area contributed by atoms with Gasteiger partial charge in [0.05, 0.1) is 6.20 Å². The fraction of sp³-hybridized carbons (Fsp3) is 0.625. The molecule has 0 N–H and O–H groups in total. The summed E-state index contributed by atoms with van der Waals surface area (Å²) in [6.45, 7) is 9.35. The molecule has 0 aromatic carbocycles. The zero-order valence-electron chi connectivity index (χ0n) is 12.5. The van der Waals surface area contributed by atoms with E-state index in [2.05, 4.69) is 23.7 Å². The van der Waals surface area contributed by atoms with Crippen molar-refractivity contribution in [1.29, 1.82) is 0 Å². The second-order valence-corrected chi connectivity index (χ2v) is 6.59. The quantitative estimate of drug-likeness (QED) is 0.793. The van der Waals surface area contributed by atoms with Crippen molar-refractivity contribution in [2.75, 3.05) is 19.6 Å². The Labute approximate surface area is 120 Å². The Hall–Kier alpha value is -1.29. The Morgan fingerprint density at radius 2 is 2.05 bits per heavy atom. The summed E-state index contributed by atoms with van der Waals surface area (Å²) >= 11 is 0. The molecule has 1 aromatic rings. The molecule has 20 heavy (non-hydrogen) atoms. The molecular formula is C16H23FN2O. The predicted octanol–water partition coefficient (Wildman–Crippen LogP) is 3.16. The predicted molar refractivity (Wildman–Crippen MR) is 77.1 cm³/mol. The van der Waals surface area contributed by atoms with Crippen LogP contribution in [0.2, 0.25) is 0 Å². The number of pyridine rings is 1. The third-order valence-corrected chi connectivity index (χ3v) is 4.17. The van der Waals surface area contributed by atoms with Crippen molar-refractivity contribution in [3.8, 4) is 0 Å². The van der Waals surface area contributed by atoms with Crippen LogP contribution in [-0.4, -0.2) is 35.3 Å². The van der Waals surface area contributed by atoms with Gasteiger partial charge in [-0.3, -0.25) is 9.78 Å². The highest BCUT2D eigenvalue weighted by Crippen LogP contribution is 2.30. The van der Waals surface area contributed by atoms with Crippen LogP contribution in [0.1, 0.15) is 44.1 Å². The van der Waals surface area contributed by atoms with Gasteiger partial charge in [-0.2, -0.15) is 0 Å². The molecule has 4 heteroatoms. The van der Waals surface area contributed by atoms with Crippen LogP contribution in [0.3, 0.4) is 0 Å². The summed E-state index contributed by atoms with van der Waals surface area (Å²) in [6.07, 6.45) is 3.44. The van der Waals surface area contributed by atoms with Crippen molar-refractivity contribution in [1.82, 2.24) is 9.88 Å². The zero-order valence-corrected chi connectivity index (χ0v) is 12.5. The van der Waals surface area contributed by atoms with Crippen LogP contribution >= 0.6 is 0 Å². The molecule has 0 radical (unpaired) electrons. The third-order valence-electron chi connectivity index (χ3n) is 4.17. The molecule has 1 aromatic heterocycles. The first kappa shape index (κ1) is 15.1. The van der Waals surface area contributed by atoms with Crippen LogP contribution in [0, 0.1) is 17.2 Å². The van der Waals surface area contributed by atoms with Crippen molar-refractivity contribution < 1.29 is 9.18 Å². The number of ketones is 1. The van der Waals surface area contributed by atoms with E-state index in [0.29, 0.717) is 11.1 Å². The molecule has 1 aliphatic rings. The molecule has 2 heterocycles. The number of aromatic nitrogens is 1. The smallest absolute Gasteiger partial charge is 0.185 e. The zero-order chi connectivity index (χ0) is 14.8. The van der Waals surface area contributed by atoms with Gasteiger partial charge in [-0.25, -0.2) is 4.39 Å². The second-order valence-electron chi connectivity index (χ2n) is 6.59. The van der Waals surface area contributed by atoms with Gasteiger partial charge in [0, 0.05) is 12.5 Å². The summed E-state index contributed by atoms with van der Waals surface area (Å²) in [7, 11) is 0. The van der Waals surface area contributed by atoms with Gasteiger partial charge in [-0.1, -0.05) is 20.8 Å². The van der Waals surface area contributed by atoms with Gasteiger partial charge in [0.15, 0.2) is 5.78 Å². The molecule has 1 unspecified atom stereocenters. The van der Waals surface area contributed by atoms with Crippen molar-refractivity contribution in [3.05, 3.63) is 29.8 Å². The lowest BCUT2D eigenvalue weighted by atomic mass is 9.82. The summed E-state index contributed by atoms with van der Waals surface area (Å²) < 4.78 is 12.8. The monoisotopic (exact) mass is 278 g/mol. The Morgan fingerprint density at radius 1 is 1.40 bits per heavy atom.